The number of ether oxygens (including phenoxy) is 3. The van der Waals surface area contributed by atoms with E-state index in [1.807, 2.05) is 19.0 Å². The smallest absolute Gasteiger partial charge is 0.296 e. The van der Waals surface area contributed by atoms with Gasteiger partial charge in [0.15, 0.2) is 11.8 Å². The quantitative estimate of drug-likeness (QED) is 0.484. The van der Waals surface area contributed by atoms with Gasteiger partial charge in [0, 0.05) is 11.1 Å². The second-order valence-electron chi connectivity index (χ2n) is 9.11. The van der Waals surface area contributed by atoms with Gasteiger partial charge < -0.3 is 24.3 Å². The monoisotopic (exact) mass is 518 g/mol. The Labute approximate surface area is 211 Å². The molecule has 190 valence electrons. The highest BCUT2D eigenvalue weighted by Gasteiger charge is 2.48. The maximum absolute atomic E-state index is 14.6. The molecule has 4 atom stereocenters. The summed E-state index contributed by atoms with van der Waals surface area (Å²) in [4.78, 5) is 13.7. The number of benzene rings is 1. The van der Waals surface area contributed by atoms with Gasteiger partial charge in [-0.25, -0.2) is 13.8 Å². The van der Waals surface area contributed by atoms with Crippen molar-refractivity contribution in [1.82, 2.24) is 19.9 Å². The molecule has 2 N–H and O–H groups in total. The molecule has 1 aromatic carbocycles. The van der Waals surface area contributed by atoms with Gasteiger partial charge in [0.25, 0.3) is 6.01 Å². The van der Waals surface area contributed by atoms with Crippen LogP contribution in [0.1, 0.15) is 16.8 Å². The second-order valence-corrected chi connectivity index (χ2v) is 9.51. The molecular formula is C25H25ClF2N4O4. The van der Waals surface area contributed by atoms with Crippen LogP contribution < -0.4 is 4.74 Å². The molecule has 2 aliphatic rings. The molecule has 4 heterocycles. The highest BCUT2D eigenvalue weighted by molar-refractivity contribution is 6.31. The van der Waals surface area contributed by atoms with Gasteiger partial charge in [-0.3, -0.25) is 4.90 Å². The zero-order valence-corrected chi connectivity index (χ0v) is 20.5. The lowest BCUT2D eigenvalue weighted by Gasteiger charge is -2.15. The summed E-state index contributed by atoms with van der Waals surface area (Å²) in [5, 5.41) is 10.2. The normalized spacial score (nSPS) is 23.2. The third-order valence-corrected chi connectivity index (χ3v) is 6.43. The van der Waals surface area contributed by atoms with Gasteiger partial charge in [0.1, 0.15) is 29.9 Å². The summed E-state index contributed by atoms with van der Waals surface area (Å²) in [5.74, 6) is 4.32. The molecule has 0 bridgehead atoms. The molecular weight excluding hydrogens is 494 g/mol. The predicted octanol–water partition coefficient (Wildman–Crippen LogP) is 2.49. The van der Waals surface area contributed by atoms with Crippen molar-refractivity contribution in [3.63, 3.8) is 0 Å². The molecule has 0 spiro atoms. The maximum atomic E-state index is 14.6. The molecule has 5 rings (SSSR count). The first kappa shape index (κ1) is 24.9. The third-order valence-electron chi connectivity index (χ3n) is 6.10. The molecule has 0 amide bonds. The summed E-state index contributed by atoms with van der Waals surface area (Å²) in [7, 11) is 3.73. The average molecular weight is 519 g/mol. The van der Waals surface area contributed by atoms with E-state index in [-0.39, 0.29) is 49.3 Å². The van der Waals surface area contributed by atoms with E-state index < -0.39 is 29.9 Å². The average Bonchev–Trinajstić information content (AvgIpc) is 3.50. The van der Waals surface area contributed by atoms with E-state index >= 15 is 0 Å². The molecule has 2 aliphatic heterocycles. The van der Waals surface area contributed by atoms with Crippen molar-refractivity contribution in [3.05, 3.63) is 51.7 Å². The molecule has 2 aromatic heterocycles. The number of pyridine rings is 1. The number of aromatic amines is 1. The number of halogens is 3. The number of H-pyrrole nitrogens is 1. The van der Waals surface area contributed by atoms with Crippen molar-refractivity contribution in [2.24, 2.45) is 0 Å². The number of fused-ring (bicyclic) bond motifs is 2. The third kappa shape index (κ3) is 5.16. The molecule has 8 nitrogen and oxygen atoms in total. The first-order chi connectivity index (χ1) is 17.3. The van der Waals surface area contributed by atoms with Gasteiger partial charge >= 0.3 is 0 Å². The summed E-state index contributed by atoms with van der Waals surface area (Å²) < 4.78 is 46.3. The molecule has 0 aliphatic carbocycles. The van der Waals surface area contributed by atoms with E-state index in [4.69, 9.17) is 25.8 Å². The van der Waals surface area contributed by atoms with Crippen LogP contribution in [-0.2, 0) is 22.3 Å². The van der Waals surface area contributed by atoms with E-state index in [0.717, 1.165) is 0 Å². The Bertz CT molecular complexity index is 1320. The predicted molar refractivity (Wildman–Crippen MR) is 128 cm³/mol. The summed E-state index contributed by atoms with van der Waals surface area (Å²) in [6, 6.07) is 4.34. The number of aliphatic hydroxyl groups excluding tert-OH is 1. The number of aromatic nitrogens is 3. The number of aryl methyl sites for hydroxylation is 1. The fourth-order valence-electron chi connectivity index (χ4n) is 4.31. The minimum Gasteiger partial charge on any atom is -0.456 e. The van der Waals surface area contributed by atoms with Crippen molar-refractivity contribution in [2.45, 2.75) is 37.3 Å². The van der Waals surface area contributed by atoms with Crippen LogP contribution >= 0.6 is 11.6 Å². The minimum atomic E-state index is -0.677. The largest absolute Gasteiger partial charge is 0.456 e. The SMILES string of the molecule is CN(C)CC#Cc1cc(F)c(CCc2nc3nc(O[C@@H]4CO[C@H]5[C@@H]4OC[C@H]5O)[nH]c3cc2Cl)c(F)c1. The molecule has 11 heteroatoms. The van der Waals surface area contributed by atoms with Gasteiger partial charge in [0.05, 0.1) is 36.0 Å². The van der Waals surface area contributed by atoms with E-state index in [9.17, 15) is 13.9 Å². The van der Waals surface area contributed by atoms with Gasteiger partial charge in [-0.15, -0.1) is 0 Å². The molecule has 0 radical (unpaired) electrons. The summed E-state index contributed by atoms with van der Waals surface area (Å²) >= 11 is 6.40. The van der Waals surface area contributed by atoms with Gasteiger partial charge in [-0.2, -0.15) is 4.98 Å². The summed E-state index contributed by atoms with van der Waals surface area (Å²) in [6.07, 6.45) is -1.62. The van der Waals surface area contributed by atoms with Crippen molar-refractivity contribution >= 4 is 22.8 Å². The van der Waals surface area contributed by atoms with Crippen molar-refractivity contribution in [3.8, 4) is 17.9 Å². The van der Waals surface area contributed by atoms with Crippen LogP contribution in [0.15, 0.2) is 18.2 Å². The fourth-order valence-corrected chi connectivity index (χ4v) is 4.56. The van der Waals surface area contributed by atoms with E-state index in [1.54, 1.807) is 6.07 Å². The van der Waals surface area contributed by atoms with Crippen LogP contribution in [0.5, 0.6) is 6.01 Å². The number of aliphatic hydroxyl groups is 1. The first-order valence-corrected chi connectivity index (χ1v) is 11.9. The molecule has 2 fully saturated rings. The lowest BCUT2D eigenvalue weighted by molar-refractivity contribution is 0.00706. The Morgan fingerprint density at radius 3 is 2.64 bits per heavy atom. The van der Waals surface area contributed by atoms with Crippen LogP contribution in [0, 0.1) is 23.5 Å². The van der Waals surface area contributed by atoms with Crippen molar-refractivity contribution in [1.29, 1.82) is 0 Å². The van der Waals surface area contributed by atoms with E-state index in [2.05, 4.69) is 26.8 Å². The number of rotatable bonds is 6. The van der Waals surface area contributed by atoms with Gasteiger partial charge in [0.2, 0.25) is 0 Å². The van der Waals surface area contributed by atoms with Crippen LogP contribution in [0.4, 0.5) is 8.78 Å². The summed E-state index contributed by atoms with van der Waals surface area (Å²) in [6.45, 7) is 0.952. The Kier molecular flexibility index (Phi) is 7.10. The number of hydrogen-bond donors (Lipinski definition) is 2. The maximum Gasteiger partial charge on any atom is 0.296 e. The summed E-state index contributed by atoms with van der Waals surface area (Å²) in [5.41, 5.74) is 1.61. The van der Waals surface area contributed by atoms with Gasteiger partial charge in [-0.05, 0) is 45.1 Å². The van der Waals surface area contributed by atoms with Crippen LogP contribution in [0.3, 0.4) is 0 Å². The highest BCUT2D eigenvalue weighted by atomic mass is 35.5. The number of nitrogens with one attached hydrogen (secondary N) is 1. The Morgan fingerprint density at radius 1 is 1.14 bits per heavy atom. The lowest BCUT2D eigenvalue weighted by Crippen LogP contribution is -2.34. The van der Waals surface area contributed by atoms with Crippen LogP contribution in [0.25, 0.3) is 11.2 Å². The topological polar surface area (TPSA) is 92.7 Å². The van der Waals surface area contributed by atoms with Crippen molar-refractivity contribution in [2.75, 3.05) is 33.9 Å². The Hall–Kier alpha value is -2.81. The molecule has 36 heavy (non-hydrogen) atoms. The number of hydrogen-bond acceptors (Lipinski definition) is 7. The standard InChI is InChI=1S/C25H25ClF2N4O4/c1-32(2)7-3-4-13-8-16(27)14(17(28)9-13)5-6-18-15(26)10-19-24(29-18)31-25(30-19)36-21-12-35-22-20(33)11-34-23(21)22/h8-10,20-23,33H,5-7,11-12H2,1-2H3,(H,29,30,31)/t20-,21-,22-,23-/m1/s1. The van der Waals surface area contributed by atoms with Gasteiger partial charge in [-0.1, -0.05) is 23.4 Å². The van der Waals surface area contributed by atoms with Crippen LogP contribution in [-0.4, -0.2) is 83.2 Å². The van der Waals surface area contributed by atoms with Crippen LogP contribution in [0.2, 0.25) is 5.02 Å². The molecule has 2 saturated heterocycles. The second kappa shape index (κ2) is 10.3. The Balaban J connectivity index is 1.28. The minimum absolute atomic E-state index is 0.0493. The molecule has 0 unspecified atom stereocenters. The molecule has 3 aromatic rings. The zero-order valence-electron chi connectivity index (χ0n) is 19.7. The van der Waals surface area contributed by atoms with Crippen molar-refractivity contribution < 1.29 is 28.1 Å². The first-order valence-electron chi connectivity index (χ1n) is 11.5. The van der Waals surface area contributed by atoms with E-state index in [0.29, 0.717) is 28.4 Å². The fraction of sp³-hybridized carbons (Fsp3) is 0.440. The number of nitrogens with zero attached hydrogens (tertiary/aromatic N) is 3. The lowest BCUT2D eigenvalue weighted by atomic mass is 10.0. The van der Waals surface area contributed by atoms with E-state index in [1.165, 1.54) is 12.1 Å². The zero-order chi connectivity index (χ0) is 25.4. The Morgan fingerprint density at radius 2 is 1.89 bits per heavy atom. The molecule has 0 saturated carbocycles. The number of imidazole rings is 1. The highest BCUT2D eigenvalue weighted by Crippen LogP contribution is 2.30.